The molecule has 0 aliphatic heterocycles. The Morgan fingerprint density at radius 1 is 1.26 bits per heavy atom. The number of hydrogen-bond donors (Lipinski definition) is 0. The average molecular weight is 284 g/mol. The molecule has 0 spiro atoms. The molecule has 19 heavy (non-hydrogen) atoms. The molecule has 0 heterocycles. The Balaban J connectivity index is 2.32. The minimum Gasteiger partial charge on any atom is -0.492 e. The molecule has 1 amide bonds. The van der Waals surface area contributed by atoms with Crippen LogP contribution in [0.15, 0.2) is 24.3 Å². The van der Waals surface area contributed by atoms with Crippen molar-refractivity contribution in [2.24, 2.45) is 5.41 Å². The molecule has 1 aromatic rings. The van der Waals surface area contributed by atoms with E-state index in [4.69, 9.17) is 16.3 Å². The van der Waals surface area contributed by atoms with Gasteiger partial charge in [0.05, 0.1) is 6.54 Å². The van der Waals surface area contributed by atoms with E-state index in [0.29, 0.717) is 24.6 Å². The summed E-state index contributed by atoms with van der Waals surface area (Å²) in [5.74, 6) is 0.910. The fourth-order valence-electron chi connectivity index (χ4n) is 1.54. The Morgan fingerprint density at radius 2 is 1.84 bits per heavy atom. The Bertz CT molecular complexity index is 409. The first-order valence-electron chi connectivity index (χ1n) is 6.40. The van der Waals surface area contributed by atoms with Crippen molar-refractivity contribution in [1.82, 2.24) is 4.90 Å². The van der Waals surface area contributed by atoms with Gasteiger partial charge in [-0.3, -0.25) is 4.79 Å². The summed E-state index contributed by atoms with van der Waals surface area (Å²) in [5, 5.41) is 0.685. The number of ether oxygens (including phenoxy) is 1. The minimum absolute atomic E-state index is 0.0162. The number of nitrogens with zero attached hydrogens (tertiary/aromatic N) is 1. The molecule has 0 aliphatic carbocycles. The van der Waals surface area contributed by atoms with E-state index in [1.54, 1.807) is 24.1 Å². The first kappa shape index (κ1) is 15.8. The maximum Gasteiger partial charge on any atom is 0.222 e. The fraction of sp³-hybridized carbons (Fsp3) is 0.533. The van der Waals surface area contributed by atoms with Gasteiger partial charge in [0.15, 0.2) is 0 Å². The second-order valence-electron chi connectivity index (χ2n) is 5.86. The zero-order chi connectivity index (χ0) is 14.5. The minimum atomic E-state index is 0.0162. The number of likely N-dealkylation sites (N-methyl/N-ethyl adjacent to an activating group) is 1. The Labute approximate surface area is 120 Å². The molecule has 0 N–H and O–H groups in total. The van der Waals surface area contributed by atoms with Crippen LogP contribution in [0.5, 0.6) is 5.75 Å². The SMILES string of the molecule is CN(CCOc1ccc(Cl)cc1)C(=O)CC(C)(C)C. The summed E-state index contributed by atoms with van der Waals surface area (Å²) in [6, 6.07) is 7.20. The van der Waals surface area contributed by atoms with E-state index in [1.807, 2.05) is 12.1 Å². The van der Waals surface area contributed by atoms with Crippen molar-refractivity contribution in [3.8, 4) is 5.75 Å². The van der Waals surface area contributed by atoms with Crippen molar-refractivity contribution < 1.29 is 9.53 Å². The molecule has 0 aliphatic rings. The maximum atomic E-state index is 11.9. The van der Waals surface area contributed by atoms with Gasteiger partial charge in [-0.1, -0.05) is 32.4 Å². The predicted molar refractivity (Wildman–Crippen MR) is 78.7 cm³/mol. The van der Waals surface area contributed by atoms with Crippen LogP contribution in [0.4, 0.5) is 0 Å². The third-order valence-corrected chi connectivity index (χ3v) is 2.87. The summed E-state index contributed by atoms with van der Waals surface area (Å²) in [4.78, 5) is 13.6. The van der Waals surface area contributed by atoms with Crippen LogP contribution >= 0.6 is 11.6 Å². The van der Waals surface area contributed by atoms with E-state index in [0.717, 1.165) is 5.75 Å². The van der Waals surface area contributed by atoms with Crippen LogP contribution in [0.25, 0.3) is 0 Å². The zero-order valence-electron chi connectivity index (χ0n) is 12.1. The highest BCUT2D eigenvalue weighted by Gasteiger charge is 2.18. The second kappa shape index (κ2) is 6.80. The van der Waals surface area contributed by atoms with E-state index in [-0.39, 0.29) is 11.3 Å². The molecule has 0 aromatic heterocycles. The summed E-state index contributed by atoms with van der Waals surface area (Å²) in [6.45, 7) is 7.24. The first-order chi connectivity index (χ1) is 8.78. The van der Waals surface area contributed by atoms with Crippen molar-refractivity contribution in [3.63, 3.8) is 0 Å². The summed E-state index contributed by atoms with van der Waals surface area (Å²) < 4.78 is 5.56. The Hall–Kier alpha value is -1.22. The van der Waals surface area contributed by atoms with Gasteiger partial charge in [0.25, 0.3) is 0 Å². The number of carbonyl (C=O) groups is 1. The topological polar surface area (TPSA) is 29.5 Å². The van der Waals surface area contributed by atoms with Crippen LogP contribution in [0.3, 0.4) is 0 Å². The molecular formula is C15H22ClNO2. The molecule has 4 heteroatoms. The number of benzene rings is 1. The van der Waals surface area contributed by atoms with Crippen molar-refractivity contribution >= 4 is 17.5 Å². The van der Waals surface area contributed by atoms with Crippen molar-refractivity contribution in [2.45, 2.75) is 27.2 Å². The normalized spacial score (nSPS) is 11.2. The van der Waals surface area contributed by atoms with Gasteiger partial charge in [-0.25, -0.2) is 0 Å². The fourth-order valence-corrected chi connectivity index (χ4v) is 1.67. The summed E-state index contributed by atoms with van der Waals surface area (Å²) in [6.07, 6.45) is 0.546. The lowest BCUT2D eigenvalue weighted by Gasteiger charge is -2.23. The molecule has 0 fully saturated rings. The van der Waals surface area contributed by atoms with Gasteiger partial charge in [-0.05, 0) is 29.7 Å². The Kier molecular flexibility index (Phi) is 5.67. The average Bonchev–Trinajstić information content (AvgIpc) is 2.29. The van der Waals surface area contributed by atoms with Crippen molar-refractivity contribution in [3.05, 3.63) is 29.3 Å². The number of rotatable bonds is 5. The van der Waals surface area contributed by atoms with Crippen molar-refractivity contribution in [2.75, 3.05) is 20.2 Å². The van der Waals surface area contributed by atoms with Gasteiger partial charge >= 0.3 is 0 Å². The van der Waals surface area contributed by atoms with Crippen molar-refractivity contribution in [1.29, 1.82) is 0 Å². The highest BCUT2D eigenvalue weighted by atomic mass is 35.5. The van der Waals surface area contributed by atoms with Crippen LogP contribution in [0.1, 0.15) is 27.2 Å². The number of carbonyl (C=O) groups excluding carboxylic acids is 1. The van der Waals surface area contributed by atoms with E-state index in [1.165, 1.54) is 0 Å². The summed E-state index contributed by atoms with van der Waals surface area (Å²) >= 11 is 5.79. The Morgan fingerprint density at radius 3 is 2.37 bits per heavy atom. The molecule has 1 rings (SSSR count). The lowest BCUT2D eigenvalue weighted by molar-refractivity contribution is -0.132. The van der Waals surface area contributed by atoms with Gasteiger partial charge in [0.2, 0.25) is 5.91 Å². The predicted octanol–water partition coefficient (Wildman–Crippen LogP) is 3.61. The van der Waals surface area contributed by atoms with Crippen LogP contribution in [-0.4, -0.2) is 31.0 Å². The van der Waals surface area contributed by atoms with Gasteiger partial charge in [0.1, 0.15) is 12.4 Å². The number of halogens is 1. The van der Waals surface area contributed by atoms with E-state index >= 15 is 0 Å². The molecule has 0 bridgehead atoms. The molecule has 0 saturated carbocycles. The summed E-state index contributed by atoms with van der Waals surface area (Å²) in [7, 11) is 1.80. The third-order valence-electron chi connectivity index (χ3n) is 2.62. The quantitative estimate of drug-likeness (QED) is 0.826. The second-order valence-corrected chi connectivity index (χ2v) is 6.29. The van der Waals surface area contributed by atoms with Gasteiger partial charge < -0.3 is 9.64 Å². The van der Waals surface area contributed by atoms with Crippen LogP contribution in [0.2, 0.25) is 5.02 Å². The van der Waals surface area contributed by atoms with Crippen LogP contribution in [0, 0.1) is 5.41 Å². The highest BCUT2D eigenvalue weighted by Crippen LogP contribution is 2.19. The van der Waals surface area contributed by atoms with Gasteiger partial charge in [0, 0.05) is 18.5 Å². The molecule has 0 atom stereocenters. The molecule has 1 aromatic carbocycles. The number of hydrogen-bond acceptors (Lipinski definition) is 2. The molecule has 3 nitrogen and oxygen atoms in total. The first-order valence-corrected chi connectivity index (χ1v) is 6.78. The van der Waals surface area contributed by atoms with E-state index in [9.17, 15) is 4.79 Å². The van der Waals surface area contributed by atoms with E-state index < -0.39 is 0 Å². The molecule has 0 saturated heterocycles. The van der Waals surface area contributed by atoms with Crippen LogP contribution < -0.4 is 4.74 Å². The molecule has 106 valence electrons. The monoisotopic (exact) mass is 283 g/mol. The molecular weight excluding hydrogens is 262 g/mol. The lowest BCUT2D eigenvalue weighted by atomic mass is 9.92. The zero-order valence-corrected chi connectivity index (χ0v) is 12.8. The van der Waals surface area contributed by atoms with Crippen LogP contribution in [-0.2, 0) is 4.79 Å². The smallest absolute Gasteiger partial charge is 0.222 e. The molecule has 0 unspecified atom stereocenters. The summed E-state index contributed by atoms with van der Waals surface area (Å²) in [5.41, 5.74) is 0.0162. The number of amides is 1. The van der Waals surface area contributed by atoms with E-state index in [2.05, 4.69) is 20.8 Å². The third kappa shape index (κ3) is 6.48. The maximum absolute atomic E-state index is 11.9. The van der Waals surface area contributed by atoms with Gasteiger partial charge in [-0.2, -0.15) is 0 Å². The largest absolute Gasteiger partial charge is 0.492 e. The highest BCUT2D eigenvalue weighted by molar-refractivity contribution is 6.30. The molecule has 0 radical (unpaired) electrons. The lowest BCUT2D eigenvalue weighted by Crippen LogP contribution is -2.33. The van der Waals surface area contributed by atoms with Gasteiger partial charge in [-0.15, -0.1) is 0 Å². The standard InChI is InChI=1S/C15H22ClNO2/c1-15(2,3)11-14(18)17(4)9-10-19-13-7-5-12(16)6-8-13/h5-8H,9-11H2,1-4H3.